The van der Waals surface area contributed by atoms with Crippen molar-refractivity contribution in [2.24, 2.45) is 0 Å². The van der Waals surface area contributed by atoms with Gasteiger partial charge in [0.25, 0.3) is 5.91 Å². The van der Waals surface area contributed by atoms with Crippen LogP contribution in [0.2, 0.25) is 0 Å². The number of imidazole rings is 1. The zero-order valence-corrected chi connectivity index (χ0v) is 17.8. The molecule has 7 nitrogen and oxygen atoms in total. The number of ether oxygens (including phenoxy) is 1. The molecule has 2 aromatic heterocycles. The molecule has 154 valence electrons. The van der Waals surface area contributed by atoms with Crippen LogP contribution in [0.4, 0.5) is 0 Å². The second-order valence-electron chi connectivity index (χ2n) is 6.90. The van der Waals surface area contributed by atoms with E-state index in [9.17, 15) is 9.59 Å². The van der Waals surface area contributed by atoms with Crippen LogP contribution in [0.3, 0.4) is 0 Å². The number of aromatic nitrogens is 2. The Bertz CT molecular complexity index is 967. The van der Waals surface area contributed by atoms with Gasteiger partial charge >= 0.3 is 5.97 Å². The Morgan fingerprint density at radius 2 is 1.97 bits per heavy atom. The topological polar surface area (TPSA) is 67.2 Å². The molecular weight excluding hydrogens is 388 g/mol. The molecular formula is C21H26N4O3S. The van der Waals surface area contributed by atoms with E-state index in [4.69, 9.17) is 4.74 Å². The standard InChI is InChI=1S/C21H26N4O3S/c1-4-28-18(26)15-23(2)14-17-19(22-21-25(17)12-13-29-21)20(27)24(3)11-10-16-8-6-5-7-9-16/h5-9,12-13H,4,10-11,14-15H2,1-3H3. The van der Waals surface area contributed by atoms with Gasteiger partial charge in [0.2, 0.25) is 0 Å². The molecule has 3 aromatic rings. The third-order valence-electron chi connectivity index (χ3n) is 4.61. The monoisotopic (exact) mass is 414 g/mol. The first-order valence-corrected chi connectivity index (χ1v) is 10.5. The van der Waals surface area contributed by atoms with Crippen LogP contribution in [-0.2, 0) is 22.5 Å². The van der Waals surface area contributed by atoms with Crippen molar-refractivity contribution < 1.29 is 14.3 Å². The van der Waals surface area contributed by atoms with Gasteiger partial charge in [-0.25, -0.2) is 4.98 Å². The van der Waals surface area contributed by atoms with Crippen LogP contribution in [0.1, 0.15) is 28.7 Å². The average molecular weight is 415 g/mol. The van der Waals surface area contributed by atoms with Crippen LogP contribution in [0.5, 0.6) is 0 Å². The summed E-state index contributed by atoms with van der Waals surface area (Å²) in [6.45, 7) is 3.31. The normalized spacial score (nSPS) is 11.2. The lowest BCUT2D eigenvalue weighted by molar-refractivity contribution is -0.144. The number of hydrogen-bond acceptors (Lipinski definition) is 6. The van der Waals surface area contributed by atoms with Crippen LogP contribution >= 0.6 is 11.3 Å². The molecule has 0 aliphatic carbocycles. The molecule has 29 heavy (non-hydrogen) atoms. The molecule has 0 aliphatic rings. The highest BCUT2D eigenvalue weighted by Gasteiger charge is 2.24. The van der Waals surface area contributed by atoms with E-state index in [-0.39, 0.29) is 18.4 Å². The van der Waals surface area contributed by atoms with Gasteiger partial charge in [0.15, 0.2) is 10.7 Å². The van der Waals surface area contributed by atoms with E-state index in [1.165, 1.54) is 16.9 Å². The molecule has 1 aromatic carbocycles. The predicted molar refractivity (Wildman–Crippen MR) is 113 cm³/mol. The Balaban J connectivity index is 1.74. The maximum atomic E-state index is 13.1. The first kappa shape index (κ1) is 21.0. The molecule has 0 bridgehead atoms. The molecule has 0 radical (unpaired) electrons. The first-order chi connectivity index (χ1) is 14.0. The van der Waals surface area contributed by atoms with Crippen molar-refractivity contribution in [3.8, 4) is 0 Å². The molecule has 0 fully saturated rings. The fraction of sp³-hybridized carbons (Fsp3) is 0.381. The zero-order valence-electron chi connectivity index (χ0n) is 17.0. The number of amides is 1. The molecule has 0 N–H and O–H groups in total. The van der Waals surface area contributed by atoms with Crippen molar-refractivity contribution >= 4 is 28.2 Å². The second kappa shape index (κ2) is 9.67. The summed E-state index contributed by atoms with van der Waals surface area (Å²) in [5, 5.41) is 1.94. The summed E-state index contributed by atoms with van der Waals surface area (Å²) >= 11 is 1.48. The molecule has 0 unspecified atom stereocenters. The highest BCUT2D eigenvalue weighted by atomic mass is 32.1. The molecule has 2 heterocycles. The minimum absolute atomic E-state index is 0.114. The van der Waals surface area contributed by atoms with E-state index >= 15 is 0 Å². The van der Waals surface area contributed by atoms with Crippen LogP contribution < -0.4 is 0 Å². The number of thiazole rings is 1. The molecule has 0 aliphatic heterocycles. The summed E-state index contributed by atoms with van der Waals surface area (Å²) in [4.78, 5) is 33.8. The van der Waals surface area contributed by atoms with Crippen LogP contribution in [-0.4, -0.2) is 64.9 Å². The Morgan fingerprint density at radius 3 is 2.69 bits per heavy atom. The van der Waals surface area contributed by atoms with E-state index in [2.05, 4.69) is 17.1 Å². The van der Waals surface area contributed by atoms with Gasteiger partial charge in [0.05, 0.1) is 18.8 Å². The van der Waals surface area contributed by atoms with Crippen molar-refractivity contribution in [3.63, 3.8) is 0 Å². The molecule has 0 saturated heterocycles. The van der Waals surface area contributed by atoms with Gasteiger partial charge < -0.3 is 9.64 Å². The summed E-state index contributed by atoms with van der Waals surface area (Å²) in [5.74, 6) is -0.398. The maximum absolute atomic E-state index is 13.1. The highest BCUT2D eigenvalue weighted by Crippen LogP contribution is 2.20. The Morgan fingerprint density at radius 1 is 1.21 bits per heavy atom. The Kier molecular flexibility index (Phi) is 7.00. The molecule has 8 heteroatoms. The van der Waals surface area contributed by atoms with Gasteiger partial charge in [0.1, 0.15) is 0 Å². The lowest BCUT2D eigenvalue weighted by Crippen LogP contribution is -2.32. The van der Waals surface area contributed by atoms with Gasteiger partial charge in [-0.15, -0.1) is 11.3 Å². The summed E-state index contributed by atoms with van der Waals surface area (Å²) in [5.41, 5.74) is 2.40. The number of carbonyl (C=O) groups excluding carboxylic acids is 2. The predicted octanol–water partition coefficient (Wildman–Crippen LogP) is 2.71. The smallest absolute Gasteiger partial charge is 0.320 e. The van der Waals surface area contributed by atoms with Gasteiger partial charge in [0, 0.05) is 31.7 Å². The Labute approximate surface area is 174 Å². The van der Waals surface area contributed by atoms with Gasteiger partial charge in [-0.2, -0.15) is 0 Å². The van der Waals surface area contributed by atoms with Crippen molar-refractivity contribution in [1.82, 2.24) is 19.2 Å². The number of rotatable bonds is 9. The molecule has 0 saturated carbocycles. The lowest BCUT2D eigenvalue weighted by Gasteiger charge is -2.19. The molecule has 1 amide bonds. The van der Waals surface area contributed by atoms with Gasteiger partial charge in [-0.1, -0.05) is 30.3 Å². The van der Waals surface area contributed by atoms with Gasteiger partial charge in [-0.05, 0) is 26.0 Å². The summed E-state index contributed by atoms with van der Waals surface area (Å²) in [6, 6.07) is 10.1. The number of esters is 1. The van der Waals surface area contributed by atoms with Crippen LogP contribution in [0.25, 0.3) is 4.96 Å². The Hall–Kier alpha value is -2.71. The van der Waals surface area contributed by atoms with Gasteiger partial charge in [-0.3, -0.25) is 18.9 Å². The highest BCUT2D eigenvalue weighted by molar-refractivity contribution is 7.15. The lowest BCUT2D eigenvalue weighted by atomic mass is 10.1. The fourth-order valence-corrected chi connectivity index (χ4v) is 3.85. The minimum atomic E-state index is -0.283. The third kappa shape index (κ3) is 5.21. The first-order valence-electron chi connectivity index (χ1n) is 9.57. The zero-order chi connectivity index (χ0) is 20.8. The minimum Gasteiger partial charge on any atom is -0.465 e. The van der Waals surface area contributed by atoms with Crippen molar-refractivity contribution in [1.29, 1.82) is 0 Å². The number of benzene rings is 1. The maximum Gasteiger partial charge on any atom is 0.320 e. The number of likely N-dealkylation sites (N-methyl/N-ethyl adjacent to an activating group) is 2. The van der Waals surface area contributed by atoms with E-state index in [1.54, 1.807) is 18.9 Å². The number of hydrogen-bond donors (Lipinski definition) is 0. The molecule has 3 rings (SSSR count). The van der Waals surface area contributed by atoms with E-state index in [1.807, 2.05) is 46.1 Å². The summed E-state index contributed by atoms with van der Waals surface area (Å²) in [7, 11) is 3.63. The second-order valence-corrected chi connectivity index (χ2v) is 7.78. The molecule has 0 atom stereocenters. The summed E-state index contributed by atoms with van der Waals surface area (Å²) in [6.07, 6.45) is 2.69. The van der Waals surface area contributed by atoms with Crippen molar-refractivity contribution in [3.05, 3.63) is 58.9 Å². The van der Waals surface area contributed by atoms with Crippen molar-refractivity contribution in [2.75, 3.05) is 33.8 Å². The molecule has 0 spiro atoms. The number of carbonyl (C=O) groups is 2. The van der Waals surface area contributed by atoms with Crippen LogP contribution in [0.15, 0.2) is 41.9 Å². The largest absolute Gasteiger partial charge is 0.465 e. The van der Waals surface area contributed by atoms with Crippen LogP contribution in [0, 0.1) is 0 Å². The van der Waals surface area contributed by atoms with Crippen molar-refractivity contribution in [2.45, 2.75) is 19.9 Å². The number of fused-ring (bicyclic) bond motifs is 1. The third-order valence-corrected chi connectivity index (χ3v) is 5.37. The summed E-state index contributed by atoms with van der Waals surface area (Å²) < 4.78 is 6.94. The quantitative estimate of drug-likeness (QED) is 0.504. The fourth-order valence-electron chi connectivity index (χ4n) is 3.12. The van der Waals surface area contributed by atoms with E-state index < -0.39 is 0 Å². The van der Waals surface area contributed by atoms with E-state index in [0.717, 1.165) is 17.1 Å². The van der Waals surface area contributed by atoms with E-state index in [0.29, 0.717) is 25.4 Å². The average Bonchev–Trinajstić information content (AvgIpc) is 3.29. The SMILES string of the molecule is CCOC(=O)CN(C)Cc1c(C(=O)N(C)CCc2ccccc2)nc2sccn12. The number of nitrogens with zero attached hydrogens (tertiary/aromatic N) is 4.